The van der Waals surface area contributed by atoms with E-state index in [0.717, 1.165) is 4.90 Å². The van der Waals surface area contributed by atoms with Crippen molar-refractivity contribution in [3.05, 3.63) is 71.4 Å². The molecule has 4 heterocycles. The van der Waals surface area contributed by atoms with Gasteiger partial charge in [-0.15, -0.1) is 0 Å². The Morgan fingerprint density at radius 3 is 2.65 bits per heavy atom. The molecule has 2 aliphatic rings. The van der Waals surface area contributed by atoms with E-state index in [1.54, 1.807) is 28.8 Å². The van der Waals surface area contributed by atoms with Crippen LogP contribution in [-0.4, -0.2) is 52.3 Å². The monoisotopic (exact) mass is 529 g/mol. The number of hydrogen-bond acceptors (Lipinski definition) is 5. The van der Waals surface area contributed by atoms with Gasteiger partial charge in [-0.1, -0.05) is 12.1 Å². The SMILES string of the molecule is [2H]C([2H])([2H])N1C(=O)c2cccc(OC(F)F)c2[C@H]2C[C@@H]1c1nc3ccc(-c4ccc(P(C)(C)=O)c(F)n4)cc3n12. The first kappa shape index (κ1) is 20.4. The van der Waals surface area contributed by atoms with E-state index in [2.05, 4.69) is 9.97 Å². The van der Waals surface area contributed by atoms with E-state index >= 15 is 0 Å². The molecule has 37 heavy (non-hydrogen) atoms. The third kappa shape index (κ3) is 3.65. The molecule has 4 aromatic rings. The Balaban J connectivity index is 1.58. The van der Waals surface area contributed by atoms with Crippen LogP contribution in [0.4, 0.5) is 13.2 Å². The normalized spacial score (nSPS) is 20.3. The van der Waals surface area contributed by atoms with E-state index in [0.29, 0.717) is 16.6 Å². The summed E-state index contributed by atoms with van der Waals surface area (Å²) in [4.78, 5) is 22.9. The number of alkyl halides is 2. The minimum atomic E-state index is -3.17. The first-order chi connectivity index (χ1) is 18.8. The molecule has 0 unspecified atom stereocenters. The van der Waals surface area contributed by atoms with Crippen LogP contribution in [0.2, 0.25) is 0 Å². The van der Waals surface area contributed by atoms with Crippen LogP contribution in [-0.2, 0) is 4.57 Å². The number of benzene rings is 2. The molecule has 2 aromatic carbocycles. The van der Waals surface area contributed by atoms with Crippen molar-refractivity contribution >= 4 is 29.4 Å². The summed E-state index contributed by atoms with van der Waals surface area (Å²) in [6.07, 6.45) is 0.0765. The van der Waals surface area contributed by atoms with Crippen molar-refractivity contribution in [2.24, 2.45) is 0 Å². The highest BCUT2D eigenvalue weighted by Gasteiger charge is 2.45. The zero-order valence-electron chi connectivity index (χ0n) is 22.7. The lowest BCUT2D eigenvalue weighted by atomic mass is 9.97. The van der Waals surface area contributed by atoms with Crippen molar-refractivity contribution in [3.8, 4) is 17.0 Å². The third-order valence-corrected chi connectivity index (χ3v) is 8.35. The topological polar surface area (TPSA) is 77.3 Å². The Morgan fingerprint density at radius 2 is 1.95 bits per heavy atom. The van der Waals surface area contributed by atoms with Gasteiger partial charge in [-0.25, -0.2) is 9.97 Å². The van der Waals surface area contributed by atoms with Gasteiger partial charge in [0.1, 0.15) is 18.7 Å². The summed E-state index contributed by atoms with van der Waals surface area (Å²) in [7, 11) is -2.89. The van der Waals surface area contributed by atoms with Gasteiger partial charge in [-0.2, -0.15) is 13.2 Å². The smallest absolute Gasteiger partial charge is 0.387 e. The highest BCUT2D eigenvalue weighted by Crippen LogP contribution is 2.50. The minimum absolute atomic E-state index is 0.0326. The Bertz CT molecular complexity index is 1750. The highest BCUT2D eigenvalue weighted by atomic mass is 31.2. The molecular formula is C26H22F3N4O3P. The van der Waals surface area contributed by atoms with Crippen molar-refractivity contribution < 1.29 is 31.4 Å². The summed E-state index contributed by atoms with van der Waals surface area (Å²) in [6.45, 7) is -3.11. The van der Waals surface area contributed by atoms with E-state index in [1.807, 2.05) is 0 Å². The van der Waals surface area contributed by atoms with Gasteiger partial charge in [-0.05, 0) is 49.7 Å². The maximum atomic E-state index is 14.8. The molecule has 2 bridgehead atoms. The van der Waals surface area contributed by atoms with E-state index < -0.39 is 44.7 Å². The second-order valence-corrected chi connectivity index (χ2v) is 12.6. The lowest BCUT2D eigenvalue weighted by Crippen LogP contribution is -2.30. The van der Waals surface area contributed by atoms with Crippen molar-refractivity contribution in [2.75, 3.05) is 20.3 Å². The Morgan fingerprint density at radius 1 is 1.14 bits per heavy atom. The van der Waals surface area contributed by atoms with Crippen LogP contribution in [0.5, 0.6) is 5.75 Å². The standard InChI is InChI=1S/C26H22F3N4O3P/c1-32-19-12-18(22-14(25(32)34)5-4-6-20(22)36-26(28)29)33-17-11-13(7-8-16(17)31-24(19)33)15-9-10-21(23(27)30-15)37(2,3)35/h4-11,18-19,26H,12H2,1-3H3/t18-,19-/m1/s1/i1D3. The summed E-state index contributed by atoms with van der Waals surface area (Å²) < 4.78 is 84.7. The number of amides is 1. The molecule has 0 saturated carbocycles. The quantitative estimate of drug-likeness (QED) is 0.268. The molecule has 190 valence electrons. The number of rotatable bonds is 4. The van der Waals surface area contributed by atoms with Crippen molar-refractivity contribution in [1.29, 1.82) is 0 Å². The molecule has 0 fully saturated rings. The number of ether oxygens (including phenoxy) is 1. The number of carbonyl (C=O) groups excluding carboxylic acids is 1. The Labute approximate surface area is 214 Å². The van der Waals surface area contributed by atoms with Crippen LogP contribution in [0.3, 0.4) is 0 Å². The Hall–Kier alpha value is -3.65. The molecule has 11 heteroatoms. The highest BCUT2D eigenvalue weighted by molar-refractivity contribution is 7.70. The molecule has 2 aromatic heterocycles. The van der Waals surface area contributed by atoms with Gasteiger partial charge in [0.15, 0.2) is 0 Å². The first-order valence-electron chi connectivity index (χ1n) is 12.9. The van der Waals surface area contributed by atoms with E-state index in [1.165, 1.54) is 37.6 Å². The largest absolute Gasteiger partial charge is 0.434 e. The lowest BCUT2D eigenvalue weighted by molar-refractivity contribution is -0.0507. The van der Waals surface area contributed by atoms with Gasteiger partial charge in [0.2, 0.25) is 5.95 Å². The summed E-state index contributed by atoms with van der Waals surface area (Å²) in [5.41, 5.74) is 1.85. The van der Waals surface area contributed by atoms with Crippen molar-refractivity contribution in [3.63, 3.8) is 0 Å². The van der Waals surface area contributed by atoms with Gasteiger partial charge in [-0.3, -0.25) is 4.79 Å². The van der Waals surface area contributed by atoms with Crippen LogP contribution >= 0.6 is 7.14 Å². The number of pyridine rings is 1. The summed E-state index contributed by atoms with van der Waals surface area (Å²) >= 11 is 0. The van der Waals surface area contributed by atoms with Crippen molar-refractivity contribution in [2.45, 2.75) is 25.1 Å². The fourth-order valence-corrected chi connectivity index (χ4v) is 6.19. The van der Waals surface area contributed by atoms with Gasteiger partial charge in [0, 0.05) is 34.2 Å². The van der Waals surface area contributed by atoms with Gasteiger partial charge < -0.3 is 18.8 Å². The third-order valence-electron chi connectivity index (χ3n) is 6.85. The van der Waals surface area contributed by atoms with E-state index in [4.69, 9.17) is 8.85 Å². The predicted octanol–water partition coefficient (Wildman–Crippen LogP) is 5.21. The molecular weight excluding hydrogens is 504 g/mol. The molecule has 0 saturated heterocycles. The maximum Gasteiger partial charge on any atom is 0.387 e. The van der Waals surface area contributed by atoms with Crippen LogP contribution in [0.15, 0.2) is 48.5 Å². The number of fused-ring (bicyclic) bond motifs is 9. The van der Waals surface area contributed by atoms with Crippen LogP contribution in [0.25, 0.3) is 22.3 Å². The average molecular weight is 529 g/mol. The molecule has 6 rings (SSSR count). The fraction of sp³-hybridized carbons (Fsp3) is 0.269. The second-order valence-electron chi connectivity index (χ2n) is 9.44. The molecule has 0 spiro atoms. The average Bonchev–Trinajstić information content (AvgIpc) is 3.35. The fourth-order valence-electron chi connectivity index (χ4n) is 5.26. The molecule has 0 N–H and O–H groups in total. The van der Waals surface area contributed by atoms with E-state index in [-0.39, 0.29) is 40.1 Å². The zero-order chi connectivity index (χ0) is 28.7. The lowest BCUT2D eigenvalue weighted by Gasteiger charge is -2.24. The van der Waals surface area contributed by atoms with Gasteiger partial charge in [0.25, 0.3) is 5.91 Å². The number of nitrogens with zero attached hydrogens (tertiary/aromatic N) is 4. The molecule has 0 aliphatic carbocycles. The number of hydrogen-bond donors (Lipinski definition) is 0. The first-order valence-corrected chi connectivity index (χ1v) is 14.0. The van der Waals surface area contributed by atoms with Crippen LogP contribution in [0, 0.1) is 5.95 Å². The van der Waals surface area contributed by atoms with Gasteiger partial charge >= 0.3 is 6.61 Å². The molecule has 1 amide bonds. The van der Waals surface area contributed by atoms with Gasteiger partial charge in [0.05, 0.1) is 34.1 Å². The number of imidazole rings is 1. The summed E-state index contributed by atoms with van der Waals surface area (Å²) in [5, 5.41) is 0.0326. The summed E-state index contributed by atoms with van der Waals surface area (Å²) in [6, 6.07) is 10.4. The Kier molecular flexibility index (Phi) is 4.51. The summed E-state index contributed by atoms with van der Waals surface area (Å²) in [5.74, 6) is -1.62. The zero-order valence-corrected chi connectivity index (χ0v) is 20.5. The number of carbonyl (C=O) groups is 1. The molecule has 2 atom stereocenters. The predicted molar refractivity (Wildman–Crippen MR) is 133 cm³/mol. The molecule has 7 nitrogen and oxygen atoms in total. The number of halogens is 3. The molecule has 0 radical (unpaired) electrons. The van der Waals surface area contributed by atoms with Crippen molar-refractivity contribution in [1.82, 2.24) is 19.4 Å². The van der Waals surface area contributed by atoms with E-state index in [9.17, 15) is 22.5 Å². The van der Waals surface area contributed by atoms with Crippen LogP contribution < -0.4 is 10.0 Å². The second kappa shape index (κ2) is 8.18. The minimum Gasteiger partial charge on any atom is -0.434 e. The molecule has 2 aliphatic heterocycles. The maximum absolute atomic E-state index is 14.8. The van der Waals surface area contributed by atoms with Crippen LogP contribution in [0.1, 0.15) is 44.4 Å². The number of aromatic nitrogens is 3.